The summed E-state index contributed by atoms with van der Waals surface area (Å²) in [5.41, 5.74) is -0.353. The number of carbonyl (C=O) groups excluding carboxylic acids is 1. The minimum Gasteiger partial charge on any atom is -0.478 e. The Morgan fingerprint density at radius 2 is 2.10 bits per heavy atom. The highest BCUT2D eigenvalue weighted by atomic mass is 35.5. The molecule has 0 aliphatic heterocycles. The molecular weight excluding hydrogens is 318 g/mol. The fraction of sp³-hybridized carbons (Fsp3) is 0.231. The number of carboxylic acids is 1. The van der Waals surface area contributed by atoms with E-state index in [1.54, 1.807) is 0 Å². The molecule has 0 aromatic heterocycles. The Hall–Kier alpha value is -2.04. The quantitative estimate of drug-likeness (QED) is 0.783. The second kappa shape index (κ2) is 6.61. The second-order valence-corrected chi connectivity index (χ2v) is 6.73. The zero-order valence-electron chi connectivity index (χ0n) is 11.0. The van der Waals surface area contributed by atoms with Gasteiger partial charge >= 0.3 is 5.97 Å². The molecule has 0 aliphatic rings. The number of carboxylic acid groups (broad SMARTS) is 1. The minimum atomic E-state index is -4.04. The molecule has 21 heavy (non-hydrogen) atoms. The first kappa shape index (κ1) is 17.0. The number of carbonyl (C=O) groups is 2. The van der Waals surface area contributed by atoms with Gasteiger partial charge in [0.2, 0.25) is 5.91 Å². The summed E-state index contributed by atoms with van der Waals surface area (Å²) in [6.07, 6.45) is 4.97. The molecule has 0 saturated carbocycles. The Kier molecular flexibility index (Phi) is 5.35. The van der Waals surface area contributed by atoms with Crippen LogP contribution in [0.5, 0.6) is 0 Å². The second-order valence-electron chi connectivity index (χ2n) is 4.06. The van der Waals surface area contributed by atoms with E-state index in [0.29, 0.717) is 0 Å². The van der Waals surface area contributed by atoms with Gasteiger partial charge < -0.3 is 10.4 Å². The number of halogens is 1. The Labute approximate surface area is 127 Å². The maximum absolute atomic E-state index is 12.3. The Balaban J connectivity index is 3.20. The van der Waals surface area contributed by atoms with Gasteiger partial charge in [-0.3, -0.25) is 4.79 Å². The van der Waals surface area contributed by atoms with Gasteiger partial charge in [0.15, 0.2) is 9.84 Å². The van der Waals surface area contributed by atoms with Crippen molar-refractivity contribution >= 4 is 33.3 Å². The first-order valence-corrected chi connectivity index (χ1v) is 7.62. The molecule has 1 atom stereocenters. The summed E-state index contributed by atoms with van der Waals surface area (Å²) < 4.78 is 24.5. The third-order valence-corrected chi connectivity index (χ3v) is 5.08. The minimum absolute atomic E-state index is 0.0918. The van der Waals surface area contributed by atoms with Crippen molar-refractivity contribution in [1.82, 2.24) is 5.32 Å². The zero-order chi connectivity index (χ0) is 16.2. The number of amides is 1. The number of benzene rings is 1. The molecule has 0 bridgehead atoms. The number of terminal acetylenes is 1. The number of hydrogen-bond donors (Lipinski definition) is 2. The highest BCUT2D eigenvalue weighted by Gasteiger charge is 2.30. The number of nitrogens with one attached hydrogen (secondary N) is 1. The van der Waals surface area contributed by atoms with Crippen LogP contribution in [0.4, 0.5) is 0 Å². The van der Waals surface area contributed by atoms with Crippen LogP contribution in [0.1, 0.15) is 17.3 Å². The third-order valence-electron chi connectivity index (χ3n) is 2.70. The van der Waals surface area contributed by atoms with E-state index in [1.165, 1.54) is 6.92 Å². The molecule has 0 spiro atoms. The summed E-state index contributed by atoms with van der Waals surface area (Å²) in [6.45, 7) is 1.09. The lowest BCUT2D eigenvalue weighted by Gasteiger charge is -2.13. The monoisotopic (exact) mass is 329 g/mol. The lowest BCUT2D eigenvalue weighted by molar-refractivity contribution is -0.120. The summed E-state index contributed by atoms with van der Waals surface area (Å²) in [7, 11) is -4.04. The average Bonchev–Trinajstić information content (AvgIpc) is 2.43. The molecule has 8 heteroatoms. The van der Waals surface area contributed by atoms with E-state index in [0.717, 1.165) is 18.2 Å². The summed E-state index contributed by atoms with van der Waals surface area (Å²) in [5.74, 6) is 0.0304. The first-order chi connectivity index (χ1) is 9.71. The van der Waals surface area contributed by atoms with Crippen molar-refractivity contribution in [3.63, 3.8) is 0 Å². The number of aromatic carboxylic acids is 1. The van der Waals surface area contributed by atoms with E-state index in [9.17, 15) is 18.0 Å². The Morgan fingerprint density at radius 3 is 2.62 bits per heavy atom. The summed E-state index contributed by atoms with van der Waals surface area (Å²) in [4.78, 5) is 22.3. The molecule has 1 amide bonds. The third kappa shape index (κ3) is 3.74. The molecule has 112 valence electrons. The molecule has 1 aromatic rings. The van der Waals surface area contributed by atoms with Crippen molar-refractivity contribution in [1.29, 1.82) is 0 Å². The molecular formula is C13H12ClNO5S. The van der Waals surface area contributed by atoms with E-state index in [4.69, 9.17) is 23.1 Å². The lowest BCUT2D eigenvalue weighted by atomic mass is 10.2. The fourth-order valence-corrected chi connectivity index (χ4v) is 2.98. The molecule has 0 aliphatic carbocycles. The summed E-state index contributed by atoms with van der Waals surface area (Å²) in [6, 6.07) is 3.23. The van der Waals surface area contributed by atoms with Crippen LogP contribution in [0.2, 0.25) is 5.02 Å². The molecule has 2 N–H and O–H groups in total. The number of sulfone groups is 1. The predicted molar refractivity (Wildman–Crippen MR) is 76.9 cm³/mol. The lowest BCUT2D eigenvalue weighted by Crippen LogP contribution is -2.38. The van der Waals surface area contributed by atoms with Crippen molar-refractivity contribution in [2.45, 2.75) is 17.1 Å². The molecule has 0 heterocycles. The van der Waals surface area contributed by atoms with Crippen molar-refractivity contribution in [2.24, 2.45) is 0 Å². The predicted octanol–water partition coefficient (Wildman–Crippen LogP) is 0.950. The number of hydrogen-bond acceptors (Lipinski definition) is 4. The molecule has 1 unspecified atom stereocenters. The standard InChI is InChI=1S/C13H12ClNO5S/c1-3-6-15-12(16)8(2)21(19,20)9-4-5-11(14)10(7-9)13(17)18/h1,4-5,7-8H,6H2,2H3,(H,15,16)(H,17,18). The van der Waals surface area contributed by atoms with Gasteiger partial charge in [0.1, 0.15) is 5.25 Å². The first-order valence-electron chi connectivity index (χ1n) is 5.69. The van der Waals surface area contributed by atoms with Gasteiger partial charge in [-0.1, -0.05) is 17.5 Å². The van der Waals surface area contributed by atoms with Gasteiger partial charge in [-0.2, -0.15) is 0 Å². The molecule has 0 fully saturated rings. The van der Waals surface area contributed by atoms with Crippen LogP contribution in [0.25, 0.3) is 0 Å². The molecule has 6 nitrogen and oxygen atoms in total. The van der Waals surface area contributed by atoms with Gasteiger partial charge in [0, 0.05) is 0 Å². The SMILES string of the molecule is C#CCNC(=O)C(C)S(=O)(=O)c1ccc(Cl)c(C(=O)O)c1. The van der Waals surface area contributed by atoms with Crippen LogP contribution < -0.4 is 5.32 Å². The highest BCUT2D eigenvalue weighted by molar-refractivity contribution is 7.92. The van der Waals surface area contributed by atoms with Gasteiger partial charge in [-0.05, 0) is 25.1 Å². The van der Waals surface area contributed by atoms with Gasteiger partial charge in [-0.15, -0.1) is 6.42 Å². The van der Waals surface area contributed by atoms with Crippen LogP contribution in [-0.2, 0) is 14.6 Å². The van der Waals surface area contributed by atoms with Crippen LogP contribution >= 0.6 is 11.6 Å². The topological polar surface area (TPSA) is 101 Å². The van der Waals surface area contributed by atoms with Crippen LogP contribution in [-0.4, -0.2) is 37.2 Å². The largest absolute Gasteiger partial charge is 0.478 e. The van der Waals surface area contributed by atoms with Crippen molar-refractivity contribution in [3.8, 4) is 12.3 Å². The molecule has 1 rings (SSSR count). The average molecular weight is 330 g/mol. The van der Waals surface area contributed by atoms with Crippen molar-refractivity contribution in [2.75, 3.05) is 6.54 Å². The van der Waals surface area contributed by atoms with Crippen LogP contribution in [0.15, 0.2) is 23.1 Å². The smallest absolute Gasteiger partial charge is 0.337 e. The van der Waals surface area contributed by atoms with E-state index in [2.05, 4.69) is 11.2 Å². The van der Waals surface area contributed by atoms with E-state index in [1.807, 2.05) is 0 Å². The molecule has 0 saturated heterocycles. The maximum Gasteiger partial charge on any atom is 0.337 e. The van der Waals surface area contributed by atoms with E-state index < -0.39 is 27.0 Å². The summed E-state index contributed by atoms with van der Waals surface area (Å²) >= 11 is 5.67. The van der Waals surface area contributed by atoms with Gasteiger partial charge in [0.05, 0.1) is 22.0 Å². The Bertz CT molecular complexity index is 721. The fourth-order valence-electron chi connectivity index (χ4n) is 1.47. The van der Waals surface area contributed by atoms with E-state index in [-0.39, 0.29) is 22.0 Å². The van der Waals surface area contributed by atoms with Gasteiger partial charge in [0.25, 0.3) is 0 Å². The molecule has 0 radical (unpaired) electrons. The maximum atomic E-state index is 12.3. The zero-order valence-corrected chi connectivity index (χ0v) is 12.5. The van der Waals surface area contributed by atoms with Crippen LogP contribution in [0, 0.1) is 12.3 Å². The van der Waals surface area contributed by atoms with Gasteiger partial charge in [-0.25, -0.2) is 13.2 Å². The number of rotatable bonds is 5. The van der Waals surface area contributed by atoms with Crippen molar-refractivity contribution < 1.29 is 23.1 Å². The molecule has 1 aromatic carbocycles. The normalized spacial score (nSPS) is 12.2. The van der Waals surface area contributed by atoms with Crippen molar-refractivity contribution in [3.05, 3.63) is 28.8 Å². The Morgan fingerprint density at radius 1 is 1.48 bits per heavy atom. The highest BCUT2D eigenvalue weighted by Crippen LogP contribution is 2.23. The summed E-state index contributed by atoms with van der Waals surface area (Å²) in [5, 5.41) is 9.70. The van der Waals surface area contributed by atoms with E-state index >= 15 is 0 Å². The van der Waals surface area contributed by atoms with Crippen LogP contribution in [0.3, 0.4) is 0 Å².